The SMILES string of the molecule is CCCCCc1oc(NS(=O)[O-])c(O)c1O. The van der Waals surface area contributed by atoms with Crippen molar-refractivity contribution in [2.75, 3.05) is 4.72 Å². The standard InChI is InChI=1S/C9H15NO5S/c1-2-3-4-5-6-7(11)8(12)9(15-6)10-16(13)14/h10-12H,2-5H2,1H3,(H,13,14)/p-1. The number of aryl methyl sites for hydroxylation is 1. The van der Waals surface area contributed by atoms with Crippen LogP contribution in [0.3, 0.4) is 0 Å². The molecular formula is C9H14NO5S-. The average Bonchev–Trinajstić information content (AvgIpc) is 2.47. The van der Waals surface area contributed by atoms with Gasteiger partial charge in [-0.15, -0.1) is 0 Å². The van der Waals surface area contributed by atoms with Gasteiger partial charge in [0.05, 0.1) is 0 Å². The molecular weight excluding hydrogens is 234 g/mol. The molecule has 0 aromatic carbocycles. The molecule has 16 heavy (non-hydrogen) atoms. The molecule has 7 heteroatoms. The molecule has 0 aliphatic heterocycles. The van der Waals surface area contributed by atoms with Gasteiger partial charge in [0.1, 0.15) is 0 Å². The Hall–Kier alpha value is -1.21. The monoisotopic (exact) mass is 248 g/mol. The molecule has 0 saturated heterocycles. The molecule has 1 aromatic heterocycles. The summed E-state index contributed by atoms with van der Waals surface area (Å²) in [7, 11) is 0. The van der Waals surface area contributed by atoms with Crippen molar-refractivity contribution in [3.8, 4) is 11.5 Å². The van der Waals surface area contributed by atoms with Crippen LogP contribution < -0.4 is 4.72 Å². The van der Waals surface area contributed by atoms with E-state index >= 15 is 0 Å². The second kappa shape index (κ2) is 5.76. The van der Waals surface area contributed by atoms with Crippen molar-refractivity contribution in [3.63, 3.8) is 0 Å². The van der Waals surface area contributed by atoms with Gasteiger partial charge in [0.25, 0.3) is 5.88 Å². The van der Waals surface area contributed by atoms with E-state index in [9.17, 15) is 19.0 Å². The maximum absolute atomic E-state index is 10.3. The fraction of sp³-hybridized carbons (Fsp3) is 0.556. The number of hydrogen-bond donors (Lipinski definition) is 3. The fourth-order valence-electron chi connectivity index (χ4n) is 1.31. The molecule has 1 unspecified atom stereocenters. The highest BCUT2D eigenvalue weighted by Crippen LogP contribution is 2.40. The molecule has 0 spiro atoms. The van der Waals surface area contributed by atoms with E-state index in [4.69, 9.17) is 4.42 Å². The molecule has 0 bridgehead atoms. The van der Waals surface area contributed by atoms with E-state index in [2.05, 4.69) is 0 Å². The van der Waals surface area contributed by atoms with E-state index in [1.807, 2.05) is 11.6 Å². The molecule has 0 amide bonds. The molecule has 1 heterocycles. The van der Waals surface area contributed by atoms with Gasteiger partial charge >= 0.3 is 0 Å². The van der Waals surface area contributed by atoms with Crippen LogP contribution >= 0.6 is 0 Å². The molecule has 0 fully saturated rings. The zero-order valence-corrected chi connectivity index (χ0v) is 9.67. The lowest BCUT2D eigenvalue weighted by atomic mass is 10.1. The molecule has 1 aromatic rings. The van der Waals surface area contributed by atoms with Crippen LogP contribution in [-0.4, -0.2) is 19.0 Å². The van der Waals surface area contributed by atoms with Crippen LogP contribution in [0, 0.1) is 0 Å². The second-order valence-corrected chi connectivity index (χ2v) is 4.02. The van der Waals surface area contributed by atoms with Crippen molar-refractivity contribution < 1.29 is 23.4 Å². The average molecular weight is 248 g/mol. The summed E-state index contributed by atoms with van der Waals surface area (Å²) in [5, 5.41) is 18.8. The van der Waals surface area contributed by atoms with Gasteiger partial charge < -0.3 is 19.2 Å². The first-order valence-electron chi connectivity index (χ1n) is 4.95. The summed E-state index contributed by atoms with van der Waals surface area (Å²) in [6, 6.07) is 0. The Bertz CT molecular complexity index is 376. The van der Waals surface area contributed by atoms with Gasteiger partial charge in [0.2, 0.25) is 11.5 Å². The number of unbranched alkanes of at least 4 members (excludes halogenated alkanes) is 2. The number of anilines is 1. The third kappa shape index (κ3) is 3.14. The van der Waals surface area contributed by atoms with Crippen LogP contribution in [0.2, 0.25) is 0 Å². The van der Waals surface area contributed by atoms with Gasteiger partial charge in [-0.3, -0.25) is 8.93 Å². The summed E-state index contributed by atoms with van der Waals surface area (Å²) in [4.78, 5) is 0. The predicted molar refractivity (Wildman–Crippen MR) is 57.8 cm³/mol. The third-order valence-electron chi connectivity index (χ3n) is 2.11. The van der Waals surface area contributed by atoms with E-state index in [1.165, 1.54) is 0 Å². The Morgan fingerprint density at radius 2 is 2.06 bits per heavy atom. The van der Waals surface area contributed by atoms with Gasteiger partial charge in [-0.2, -0.15) is 0 Å². The third-order valence-corrected chi connectivity index (χ3v) is 2.46. The van der Waals surface area contributed by atoms with Crippen molar-refractivity contribution in [1.29, 1.82) is 0 Å². The molecule has 0 aliphatic rings. The quantitative estimate of drug-likeness (QED) is 0.524. The van der Waals surface area contributed by atoms with Crippen molar-refractivity contribution >= 4 is 17.2 Å². The fourth-order valence-corrected chi connectivity index (χ4v) is 1.60. The van der Waals surface area contributed by atoms with Gasteiger partial charge in [-0.25, -0.2) is 0 Å². The van der Waals surface area contributed by atoms with Gasteiger partial charge in [-0.1, -0.05) is 19.8 Å². The van der Waals surface area contributed by atoms with Crippen molar-refractivity contribution in [2.45, 2.75) is 32.6 Å². The highest BCUT2D eigenvalue weighted by atomic mass is 32.2. The first kappa shape index (κ1) is 12.9. The minimum Gasteiger partial charge on any atom is -0.755 e. The predicted octanol–water partition coefficient (Wildman–Crippen LogP) is 1.63. The number of rotatable bonds is 6. The molecule has 6 nitrogen and oxygen atoms in total. The Kier molecular flexibility index (Phi) is 4.63. The van der Waals surface area contributed by atoms with E-state index < -0.39 is 22.8 Å². The maximum Gasteiger partial charge on any atom is 0.250 e. The summed E-state index contributed by atoms with van der Waals surface area (Å²) >= 11 is -2.59. The van der Waals surface area contributed by atoms with Crippen molar-refractivity contribution in [1.82, 2.24) is 0 Å². The zero-order chi connectivity index (χ0) is 12.1. The van der Waals surface area contributed by atoms with Gasteiger partial charge in [-0.05, 0) is 6.42 Å². The first-order chi connectivity index (χ1) is 7.56. The van der Waals surface area contributed by atoms with Crippen LogP contribution in [0.25, 0.3) is 0 Å². The number of furan rings is 1. The summed E-state index contributed by atoms with van der Waals surface area (Å²) in [5.41, 5.74) is 0. The highest BCUT2D eigenvalue weighted by molar-refractivity contribution is 7.80. The zero-order valence-electron chi connectivity index (χ0n) is 8.86. The lowest BCUT2D eigenvalue weighted by molar-refractivity contribution is 0.401. The first-order valence-corrected chi connectivity index (χ1v) is 6.03. The molecule has 0 aliphatic carbocycles. The minimum absolute atomic E-state index is 0.193. The summed E-state index contributed by atoms with van der Waals surface area (Å²) in [6.07, 6.45) is 3.25. The largest absolute Gasteiger partial charge is 0.755 e. The van der Waals surface area contributed by atoms with E-state index in [1.54, 1.807) is 0 Å². The number of aromatic hydroxyl groups is 2. The van der Waals surface area contributed by atoms with E-state index in [0.29, 0.717) is 6.42 Å². The second-order valence-electron chi connectivity index (χ2n) is 3.35. The van der Waals surface area contributed by atoms with Gasteiger partial charge in [0.15, 0.2) is 5.76 Å². The summed E-state index contributed by atoms with van der Waals surface area (Å²) in [5.74, 6) is -1.13. The van der Waals surface area contributed by atoms with Crippen LogP contribution in [0.5, 0.6) is 11.5 Å². The highest BCUT2D eigenvalue weighted by Gasteiger charge is 2.18. The Morgan fingerprint density at radius 1 is 1.38 bits per heavy atom. The van der Waals surface area contributed by atoms with Crippen LogP contribution in [0.15, 0.2) is 4.42 Å². The molecule has 3 N–H and O–H groups in total. The lowest BCUT2D eigenvalue weighted by Gasteiger charge is -2.04. The molecule has 1 rings (SSSR count). The summed E-state index contributed by atoms with van der Waals surface area (Å²) < 4.78 is 27.5. The van der Waals surface area contributed by atoms with Gasteiger partial charge in [0, 0.05) is 17.7 Å². The van der Waals surface area contributed by atoms with Crippen molar-refractivity contribution in [3.05, 3.63) is 5.76 Å². The molecule has 0 saturated carbocycles. The Labute approximate surface area is 95.7 Å². The topological polar surface area (TPSA) is 106 Å². The van der Waals surface area contributed by atoms with Crippen molar-refractivity contribution in [2.24, 2.45) is 0 Å². The van der Waals surface area contributed by atoms with Crippen LogP contribution in [0.4, 0.5) is 5.88 Å². The van der Waals surface area contributed by atoms with E-state index in [0.717, 1.165) is 19.3 Å². The Morgan fingerprint density at radius 3 is 2.62 bits per heavy atom. The lowest BCUT2D eigenvalue weighted by Crippen LogP contribution is -2.00. The normalized spacial score (nSPS) is 12.6. The maximum atomic E-state index is 10.3. The molecule has 0 radical (unpaired) electrons. The molecule has 1 atom stereocenters. The minimum atomic E-state index is -2.59. The van der Waals surface area contributed by atoms with E-state index in [-0.39, 0.29) is 11.6 Å². The van der Waals surface area contributed by atoms with Crippen LogP contribution in [0.1, 0.15) is 31.9 Å². The summed E-state index contributed by atoms with van der Waals surface area (Å²) in [6.45, 7) is 2.03. The number of nitrogens with one attached hydrogen (secondary N) is 1. The van der Waals surface area contributed by atoms with Crippen LogP contribution in [-0.2, 0) is 17.7 Å². The molecule has 92 valence electrons. The number of hydrogen-bond acceptors (Lipinski definition) is 5. The smallest absolute Gasteiger partial charge is 0.250 e. The Balaban J connectivity index is 2.74.